The molecule has 4 aromatic rings. The number of pyridine rings is 1. The van der Waals surface area contributed by atoms with E-state index in [4.69, 9.17) is 5.73 Å². The number of hydrogen-bond donors (Lipinski definition) is 1. The maximum Gasteiger partial charge on any atom is 0.269 e. The van der Waals surface area contributed by atoms with E-state index in [1.165, 1.54) is 0 Å². The van der Waals surface area contributed by atoms with Crippen molar-refractivity contribution in [2.24, 2.45) is 5.73 Å². The van der Waals surface area contributed by atoms with Crippen LogP contribution in [0.25, 0.3) is 22.2 Å². The Labute approximate surface area is 142 Å². The molecule has 1 aromatic carbocycles. The lowest BCUT2D eigenvalue weighted by atomic mass is 10.2. The Hall–Kier alpha value is -3.55. The number of aromatic nitrogens is 6. The maximum atomic E-state index is 11.6. The number of carbonyl (C=O) groups excluding carboxylic acids is 1. The van der Waals surface area contributed by atoms with Crippen LogP contribution in [0, 0.1) is 0 Å². The Morgan fingerprint density at radius 3 is 2.80 bits per heavy atom. The molecule has 0 saturated heterocycles. The van der Waals surface area contributed by atoms with Crippen LogP contribution in [-0.4, -0.2) is 35.7 Å². The molecule has 0 aliphatic heterocycles. The second-order valence-corrected chi connectivity index (χ2v) is 5.56. The molecule has 0 radical (unpaired) electrons. The zero-order chi connectivity index (χ0) is 17.2. The molecule has 0 aliphatic carbocycles. The highest BCUT2D eigenvalue weighted by molar-refractivity contribution is 6.04. The first-order chi connectivity index (χ1) is 12.2. The molecular weight excluding hydrogens is 318 g/mol. The average Bonchev–Trinajstić information content (AvgIpc) is 3.26. The third kappa shape index (κ3) is 2.85. The van der Waals surface area contributed by atoms with Gasteiger partial charge in [0.2, 0.25) is 0 Å². The van der Waals surface area contributed by atoms with E-state index in [-0.39, 0.29) is 5.69 Å². The Balaban J connectivity index is 1.57. The number of aryl methyl sites for hydroxylation is 2. The first kappa shape index (κ1) is 15.0. The zero-order valence-electron chi connectivity index (χ0n) is 13.3. The molecule has 0 unspecified atom stereocenters. The van der Waals surface area contributed by atoms with Crippen molar-refractivity contribution in [1.82, 2.24) is 29.8 Å². The predicted molar refractivity (Wildman–Crippen MR) is 91.5 cm³/mol. The fourth-order valence-corrected chi connectivity index (χ4v) is 2.73. The van der Waals surface area contributed by atoms with Crippen molar-refractivity contribution in [1.29, 1.82) is 0 Å². The summed E-state index contributed by atoms with van der Waals surface area (Å²) in [6.07, 6.45) is 5.32. The third-order valence-electron chi connectivity index (χ3n) is 3.93. The Kier molecular flexibility index (Phi) is 3.70. The van der Waals surface area contributed by atoms with E-state index in [0.29, 0.717) is 13.1 Å². The lowest BCUT2D eigenvalue weighted by molar-refractivity contribution is 0.0996. The van der Waals surface area contributed by atoms with E-state index in [9.17, 15) is 4.79 Å². The minimum atomic E-state index is -0.533. The smallest absolute Gasteiger partial charge is 0.269 e. The number of nitrogens with two attached hydrogens (primary N) is 1. The molecule has 3 aromatic heterocycles. The zero-order valence-corrected chi connectivity index (χ0v) is 13.3. The fraction of sp³-hybridized carbons (Fsp3) is 0.118. The van der Waals surface area contributed by atoms with Gasteiger partial charge in [-0.1, -0.05) is 23.4 Å². The molecule has 0 atom stereocenters. The topological polar surface area (TPSA) is 105 Å². The van der Waals surface area contributed by atoms with Gasteiger partial charge in [0, 0.05) is 23.3 Å². The van der Waals surface area contributed by atoms with Gasteiger partial charge in [0.1, 0.15) is 5.69 Å². The number of benzene rings is 1. The first-order valence-electron chi connectivity index (χ1n) is 7.78. The first-order valence-corrected chi connectivity index (χ1v) is 7.78. The summed E-state index contributed by atoms with van der Waals surface area (Å²) in [7, 11) is 0. The molecule has 2 N–H and O–H groups in total. The van der Waals surface area contributed by atoms with Crippen LogP contribution in [-0.2, 0) is 13.1 Å². The molecule has 4 rings (SSSR count). The number of amides is 1. The van der Waals surface area contributed by atoms with Crippen LogP contribution in [0.2, 0.25) is 0 Å². The lowest BCUT2D eigenvalue weighted by Gasteiger charge is -2.03. The SMILES string of the molecule is NC(=O)c1nn(CCn2cc(-c3cccnc3)nn2)c2ccccc12. The maximum absolute atomic E-state index is 11.6. The van der Waals surface area contributed by atoms with Crippen molar-refractivity contribution < 1.29 is 4.79 Å². The molecule has 0 aliphatic rings. The second-order valence-electron chi connectivity index (χ2n) is 5.56. The van der Waals surface area contributed by atoms with Gasteiger partial charge in [-0.25, -0.2) is 0 Å². The predicted octanol–water partition coefficient (Wildman–Crippen LogP) is 1.49. The molecule has 0 spiro atoms. The van der Waals surface area contributed by atoms with E-state index in [1.807, 2.05) is 42.6 Å². The molecule has 0 saturated carbocycles. The minimum absolute atomic E-state index is 0.283. The Morgan fingerprint density at radius 1 is 1.12 bits per heavy atom. The van der Waals surface area contributed by atoms with E-state index in [2.05, 4.69) is 20.4 Å². The highest BCUT2D eigenvalue weighted by Crippen LogP contribution is 2.18. The molecular formula is C17H15N7O. The van der Waals surface area contributed by atoms with Gasteiger partial charge in [-0.15, -0.1) is 5.10 Å². The van der Waals surface area contributed by atoms with E-state index < -0.39 is 5.91 Å². The standard InChI is InChI=1S/C17H15N7O/c18-17(25)16-13-5-1-2-6-15(13)24(21-16)9-8-23-11-14(20-22-23)12-4-3-7-19-10-12/h1-7,10-11H,8-9H2,(H2,18,25). The van der Waals surface area contributed by atoms with Crippen molar-refractivity contribution in [3.63, 3.8) is 0 Å². The number of primary amides is 1. The van der Waals surface area contributed by atoms with Gasteiger partial charge in [-0.2, -0.15) is 5.10 Å². The quantitative estimate of drug-likeness (QED) is 0.596. The Bertz CT molecular complexity index is 1040. The minimum Gasteiger partial charge on any atom is -0.364 e. The molecule has 8 nitrogen and oxygen atoms in total. The normalized spacial score (nSPS) is 11.0. The summed E-state index contributed by atoms with van der Waals surface area (Å²) < 4.78 is 3.50. The monoisotopic (exact) mass is 333 g/mol. The van der Waals surface area contributed by atoms with Crippen molar-refractivity contribution in [3.8, 4) is 11.3 Å². The van der Waals surface area contributed by atoms with E-state index in [0.717, 1.165) is 22.2 Å². The summed E-state index contributed by atoms with van der Waals surface area (Å²) in [5.74, 6) is -0.533. The number of carbonyl (C=O) groups is 1. The van der Waals surface area contributed by atoms with Gasteiger partial charge >= 0.3 is 0 Å². The summed E-state index contributed by atoms with van der Waals surface area (Å²) in [6.45, 7) is 1.11. The summed E-state index contributed by atoms with van der Waals surface area (Å²) in [6, 6.07) is 11.3. The molecule has 1 amide bonds. The largest absolute Gasteiger partial charge is 0.364 e. The third-order valence-corrected chi connectivity index (χ3v) is 3.93. The van der Waals surface area contributed by atoms with Crippen LogP contribution in [0.3, 0.4) is 0 Å². The van der Waals surface area contributed by atoms with Crippen molar-refractivity contribution >= 4 is 16.8 Å². The second kappa shape index (κ2) is 6.16. The molecule has 3 heterocycles. The van der Waals surface area contributed by atoms with E-state index >= 15 is 0 Å². The Morgan fingerprint density at radius 2 is 2.00 bits per heavy atom. The molecule has 25 heavy (non-hydrogen) atoms. The van der Waals surface area contributed by atoms with Crippen LogP contribution in [0.15, 0.2) is 55.0 Å². The van der Waals surface area contributed by atoms with Gasteiger partial charge in [0.15, 0.2) is 5.69 Å². The van der Waals surface area contributed by atoms with Crippen LogP contribution < -0.4 is 5.73 Å². The molecule has 8 heteroatoms. The lowest BCUT2D eigenvalue weighted by Crippen LogP contribution is -2.14. The van der Waals surface area contributed by atoms with Crippen LogP contribution in [0.5, 0.6) is 0 Å². The van der Waals surface area contributed by atoms with Gasteiger partial charge in [-0.3, -0.25) is 19.1 Å². The summed E-state index contributed by atoms with van der Waals surface area (Å²) >= 11 is 0. The van der Waals surface area contributed by atoms with Crippen molar-refractivity contribution in [3.05, 3.63) is 60.7 Å². The average molecular weight is 333 g/mol. The number of para-hydroxylation sites is 1. The van der Waals surface area contributed by atoms with Gasteiger partial charge < -0.3 is 5.73 Å². The van der Waals surface area contributed by atoms with E-state index in [1.54, 1.807) is 21.8 Å². The molecule has 0 fully saturated rings. The molecule has 0 bridgehead atoms. The summed E-state index contributed by atoms with van der Waals surface area (Å²) in [4.78, 5) is 15.7. The summed E-state index contributed by atoms with van der Waals surface area (Å²) in [5, 5.41) is 13.4. The van der Waals surface area contributed by atoms with Gasteiger partial charge in [-0.05, 0) is 18.2 Å². The number of hydrogen-bond acceptors (Lipinski definition) is 5. The summed E-state index contributed by atoms with van der Waals surface area (Å²) in [5.41, 5.74) is 8.24. The number of fused-ring (bicyclic) bond motifs is 1. The fourth-order valence-electron chi connectivity index (χ4n) is 2.73. The van der Waals surface area contributed by atoms with Crippen molar-refractivity contribution in [2.45, 2.75) is 13.1 Å². The highest BCUT2D eigenvalue weighted by atomic mass is 16.1. The van der Waals surface area contributed by atoms with Crippen LogP contribution in [0.4, 0.5) is 0 Å². The van der Waals surface area contributed by atoms with Crippen molar-refractivity contribution in [2.75, 3.05) is 0 Å². The highest BCUT2D eigenvalue weighted by Gasteiger charge is 2.14. The number of rotatable bonds is 5. The van der Waals surface area contributed by atoms with Crippen LogP contribution >= 0.6 is 0 Å². The van der Waals surface area contributed by atoms with Gasteiger partial charge in [0.25, 0.3) is 5.91 Å². The molecule has 124 valence electrons. The van der Waals surface area contributed by atoms with Gasteiger partial charge in [0.05, 0.1) is 24.8 Å². The van der Waals surface area contributed by atoms with Crippen LogP contribution in [0.1, 0.15) is 10.5 Å². The number of nitrogens with zero attached hydrogens (tertiary/aromatic N) is 6.